The molecule has 136 valence electrons. The van der Waals surface area contributed by atoms with Crippen LogP contribution in [0.15, 0.2) is 30.3 Å². The molecule has 0 radical (unpaired) electrons. The molecule has 1 aliphatic rings. The van der Waals surface area contributed by atoms with Crippen LogP contribution in [0.4, 0.5) is 9.59 Å². The minimum absolute atomic E-state index is 0.280. The smallest absolute Gasteiger partial charge is 0.409 e. The lowest BCUT2D eigenvalue weighted by atomic mass is 9.93. The van der Waals surface area contributed by atoms with Crippen LogP contribution in [0.2, 0.25) is 0 Å². The Kier molecular flexibility index (Phi) is 7.17. The fourth-order valence-corrected chi connectivity index (χ4v) is 2.13. The molecule has 0 spiro atoms. The van der Waals surface area contributed by atoms with Gasteiger partial charge < -0.3 is 20.9 Å². The van der Waals surface area contributed by atoms with Crippen molar-refractivity contribution in [2.24, 2.45) is 11.5 Å². The first-order valence-electron chi connectivity index (χ1n) is 7.84. The van der Waals surface area contributed by atoms with Crippen LogP contribution in [0.3, 0.4) is 0 Å². The average Bonchev–Trinajstić information content (AvgIpc) is 2.46. The van der Waals surface area contributed by atoms with Crippen LogP contribution in [0.1, 0.15) is 45.6 Å². The fraction of sp³-hybridized carbons (Fsp3) is 0.389. The van der Waals surface area contributed by atoms with Gasteiger partial charge in [0.2, 0.25) is 0 Å². The number of allylic oxidation sites excluding steroid dienone is 2. The van der Waals surface area contributed by atoms with Crippen LogP contribution in [0, 0.1) is 0 Å². The largest absolute Gasteiger partial charge is 0.444 e. The zero-order valence-corrected chi connectivity index (χ0v) is 14.7. The summed E-state index contributed by atoms with van der Waals surface area (Å²) in [5.74, 6) is 0.705. The highest BCUT2D eigenvalue weighted by atomic mass is 16.6. The SMILES string of the molecule is CC(C)(C)OC(N)=O.NC(=O)Oc1ccc(C2=CCC(=O)CC2)cc1. The number of primary amides is 2. The summed E-state index contributed by atoms with van der Waals surface area (Å²) in [6.07, 6.45) is 2.29. The second kappa shape index (κ2) is 8.86. The Morgan fingerprint density at radius 3 is 1.96 bits per heavy atom. The number of hydrogen-bond acceptors (Lipinski definition) is 5. The molecule has 25 heavy (non-hydrogen) atoms. The molecule has 0 heterocycles. The monoisotopic (exact) mass is 348 g/mol. The minimum Gasteiger partial charge on any atom is -0.444 e. The van der Waals surface area contributed by atoms with Gasteiger partial charge in [-0.3, -0.25) is 4.79 Å². The molecule has 0 atom stereocenters. The summed E-state index contributed by atoms with van der Waals surface area (Å²) < 4.78 is 9.32. The molecule has 0 aromatic heterocycles. The number of nitrogens with two attached hydrogens (primary N) is 2. The molecular formula is C18H24N2O5. The number of ketones is 1. The molecule has 1 aromatic carbocycles. The van der Waals surface area contributed by atoms with Gasteiger partial charge in [-0.1, -0.05) is 18.2 Å². The van der Waals surface area contributed by atoms with E-state index in [1.165, 1.54) is 0 Å². The van der Waals surface area contributed by atoms with Crippen LogP contribution in [-0.2, 0) is 9.53 Å². The molecular weight excluding hydrogens is 324 g/mol. The van der Waals surface area contributed by atoms with Crippen LogP contribution in [0.5, 0.6) is 5.75 Å². The van der Waals surface area contributed by atoms with Crippen molar-refractivity contribution in [3.8, 4) is 5.75 Å². The molecule has 7 nitrogen and oxygen atoms in total. The first-order chi connectivity index (χ1) is 11.6. The molecule has 0 saturated heterocycles. The summed E-state index contributed by atoms with van der Waals surface area (Å²) in [5, 5.41) is 0. The zero-order valence-electron chi connectivity index (χ0n) is 14.7. The standard InChI is InChI=1S/C13H13NO3.C5H11NO2/c14-13(16)17-12-7-3-10(4-8-12)9-1-5-11(15)6-2-9;1-5(2,3)8-4(6)7/h1,3-4,7-8H,2,5-6H2,(H2,14,16);1-3H3,(H2,6,7). The Bertz CT molecular complexity index is 657. The second-order valence-electron chi connectivity index (χ2n) is 6.45. The van der Waals surface area contributed by atoms with Crippen molar-refractivity contribution >= 4 is 23.5 Å². The maximum Gasteiger partial charge on any atom is 0.409 e. The molecule has 0 bridgehead atoms. The topological polar surface area (TPSA) is 122 Å². The van der Waals surface area contributed by atoms with Gasteiger partial charge in [0.1, 0.15) is 17.1 Å². The molecule has 1 aromatic rings. The van der Waals surface area contributed by atoms with Crippen molar-refractivity contribution in [1.82, 2.24) is 0 Å². The van der Waals surface area contributed by atoms with E-state index in [2.05, 4.69) is 4.74 Å². The van der Waals surface area contributed by atoms with Gasteiger partial charge in [0.25, 0.3) is 0 Å². The molecule has 0 fully saturated rings. The van der Waals surface area contributed by atoms with E-state index in [0.717, 1.165) is 17.6 Å². The van der Waals surface area contributed by atoms with Gasteiger partial charge in [0, 0.05) is 12.8 Å². The number of Topliss-reactive ketones (excluding diaryl/α,β-unsaturated/α-hetero) is 1. The Morgan fingerprint density at radius 1 is 1.00 bits per heavy atom. The normalized spacial score (nSPS) is 13.9. The van der Waals surface area contributed by atoms with E-state index >= 15 is 0 Å². The Hall–Kier alpha value is -2.83. The summed E-state index contributed by atoms with van der Waals surface area (Å²) in [5.41, 5.74) is 11.4. The van der Waals surface area contributed by atoms with E-state index < -0.39 is 17.8 Å². The molecule has 0 saturated carbocycles. The van der Waals surface area contributed by atoms with E-state index in [1.807, 2.05) is 18.2 Å². The van der Waals surface area contributed by atoms with Crippen molar-refractivity contribution in [2.45, 2.75) is 45.6 Å². The van der Waals surface area contributed by atoms with Crippen molar-refractivity contribution in [1.29, 1.82) is 0 Å². The highest BCUT2D eigenvalue weighted by molar-refractivity contribution is 5.86. The summed E-state index contributed by atoms with van der Waals surface area (Å²) in [7, 11) is 0. The highest BCUT2D eigenvalue weighted by Crippen LogP contribution is 2.26. The lowest BCUT2D eigenvalue weighted by Gasteiger charge is -2.16. The summed E-state index contributed by atoms with van der Waals surface area (Å²) >= 11 is 0. The van der Waals surface area contributed by atoms with E-state index in [1.54, 1.807) is 32.9 Å². The van der Waals surface area contributed by atoms with Crippen LogP contribution in [0.25, 0.3) is 5.57 Å². The van der Waals surface area contributed by atoms with Crippen LogP contribution < -0.4 is 16.2 Å². The lowest BCUT2D eigenvalue weighted by molar-refractivity contribution is -0.118. The Morgan fingerprint density at radius 2 is 1.60 bits per heavy atom. The maximum absolute atomic E-state index is 11.1. The third kappa shape index (κ3) is 8.55. The number of rotatable bonds is 2. The van der Waals surface area contributed by atoms with Crippen molar-refractivity contribution in [3.63, 3.8) is 0 Å². The third-order valence-corrected chi connectivity index (χ3v) is 3.10. The van der Waals surface area contributed by atoms with E-state index in [9.17, 15) is 14.4 Å². The molecule has 2 amide bonds. The molecule has 0 aliphatic heterocycles. The molecule has 1 aliphatic carbocycles. The predicted molar refractivity (Wildman–Crippen MR) is 93.9 cm³/mol. The first kappa shape index (κ1) is 20.2. The van der Waals surface area contributed by atoms with Crippen molar-refractivity contribution < 1.29 is 23.9 Å². The number of hydrogen-bond donors (Lipinski definition) is 2. The van der Waals surface area contributed by atoms with Gasteiger partial charge in [0.15, 0.2) is 0 Å². The Labute approximate surface area is 147 Å². The van der Waals surface area contributed by atoms with Gasteiger partial charge in [-0.15, -0.1) is 0 Å². The highest BCUT2D eigenvalue weighted by Gasteiger charge is 2.13. The maximum atomic E-state index is 11.1. The molecule has 4 N–H and O–H groups in total. The number of benzene rings is 1. The van der Waals surface area contributed by atoms with Gasteiger partial charge in [-0.2, -0.15) is 0 Å². The van der Waals surface area contributed by atoms with Gasteiger partial charge in [0.05, 0.1) is 0 Å². The molecule has 7 heteroatoms. The third-order valence-electron chi connectivity index (χ3n) is 3.10. The quantitative estimate of drug-likeness (QED) is 0.850. The molecule has 2 rings (SSSR count). The minimum atomic E-state index is -0.819. The van der Waals surface area contributed by atoms with Gasteiger partial charge in [-0.25, -0.2) is 9.59 Å². The average molecular weight is 348 g/mol. The van der Waals surface area contributed by atoms with E-state index in [0.29, 0.717) is 18.6 Å². The van der Waals surface area contributed by atoms with Crippen LogP contribution >= 0.6 is 0 Å². The second-order valence-corrected chi connectivity index (χ2v) is 6.45. The summed E-state index contributed by atoms with van der Waals surface area (Å²) in [6, 6.07) is 7.11. The number of carbonyl (C=O) groups is 3. The summed E-state index contributed by atoms with van der Waals surface area (Å²) in [4.78, 5) is 31.7. The van der Waals surface area contributed by atoms with Gasteiger partial charge in [-0.05, 0) is 50.5 Å². The zero-order chi connectivity index (χ0) is 19.0. The van der Waals surface area contributed by atoms with Crippen molar-refractivity contribution in [3.05, 3.63) is 35.9 Å². The van der Waals surface area contributed by atoms with Crippen LogP contribution in [-0.4, -0.2) is 23.6 Å². The lowest BCUT2D eigenvalue weighted by Crippen LogP contribution is -2.27. The van der Waals surface area contributed by atoms with E-state index in [-0.39, 0.29) is 5.78 Å². The fourth-order valence-electron chi connectivity index (χ4n) is 2.13. The first-order valence-corrected chi connectivity index (χ1v) is 7.84. The Balaban J connectivity index is 0.000000333. The number of carbonyl (C=O) groups excluding carboxylic acids is 3. The predicted octanol–water partition coefficient (Wildman–Crippen LogP) is 3.16. The van der Waals surface area contributed by atoms with E-state index in [4.69, 9.17) is 16.2 Å². The molecule has 0 unspecified atom stereocenters. The number of ether oxygens (including phenoxy) is 2. The van der Waals surface area contributed by atoms with Gasteiger partial charge >= 0.3 is 12.2 Å². The van der Waals surface area contributed by atoms with Crippen molar-refractivity contribution in [2.75, 3.05) is 0 Å². The summed E-state index contributed by atoms with van der Waals surface area (Å²) in [6.45, 7) is 5.28. The number of amides is 2.